The van der Waals surface area contributed by atoms with Crippen LogP contribution in [0.1, 0.15) is 37.0 Å². The Morgan fingerprint density at radius 2 is 1.70 bits per heavy atom. The number of sulfone groups is 1. The summed E-state index contributed by atoms with van der Waals surface area (Å²) in [6.45, 7) is 7.38. The molecule has 112 valence electrons. The number of benzene rings is 1. The molecule has 0 amide bonds. The summed E-state index contributed by atoms with van der Waals surface area (Å²) >= 11 is 0. The summed E-state index contributed by atoms with van der Waals surface area (Å²) in [5, 5.41) is -1.08. The first-order valence-electron chi connectivity index (χ1n) is 6.75. The highest BCUT2D eigenvalue weighted by Gasteiger charge is 2.32. The van der Waals surface area contributed by atoms with Gasteiger partial charge in [0.2, 0.25) is 0 Å². The number of rotatable bonds is 6. The number of esters is 1. The van der Waals surface area contributed by atoms with Gasteiger partial charge in [0.15, 0.2) is 15.1 Å². The lowest BCUT2D eigenvalue weighted by Gasteiger charge is -2.15. The topological polar surface area (TPSA) is 60.4 Å². The largest absolute Gasteiger partial charge is 0.465 e. The van der Waals surface area contributed by atoms with Gasteiger partial charge in [0, 0.05) is 0 Å². The standard InChI is InChI=1S/C15H22O4S/c1-5-14(15(16)19-6-2)20(17,18)10-13-8-11(3)7-12(4)9-13/h7-9,14H,5-6,10H2,1-4H3. The maximum Gasteiger partial charge on any atom is 0.324 e. The van der Waals surface area contributed by atoms with Crippen molar-refractivity contribution in [3.8, 4) is 0 Å². The third kappa shape index (κ3) is 4.34. The van der Waals surface area contributed by atoms with Crippen molar-refractivity contribution in [2.24, 2.45) is 0 Å². The zero-order chi connectivity index (χ0) is 15.3. The van der Waals surface area contributed by atoms with E-state index >= 15 is 0 Å². The summed E-state index contributed by atoms with van der Waals surface area (Å²) in [6.07, 6.45) is 0.228. The minimum atomic E-state index is -3.55. The fraction of sp³-hybridized carbons (Fsp3) is 0.533. The zero-order valence-electron chi connectivity index (χ0n) is 12.5. The van der Waals surface area contributed by atoms with Gasteiger partial charge in [-0.25, -0.2) is 8.42 Å². The fourth-order valence-corrected chi connectivity index (χ4v) is 3.99. The second kappa shape index (κ2) is 6.88. The van der Waals surface area contributed by atoms with E-state index in [-0.39, 0.29) is 18.8 Å². The molecule has 1 aromatic carbocycles. The van der Waals surface area contributed by atoms with Crippen LogP contribution in [0.4, 0.5) is 0 Å². The Morgan fingerprint density at radius 1 is 1.15 bits per heavy atom. The van der Waals surface area contributed by atoms with Crippen LogP contribution in [0, 0.1) is 13.8 Å². The van der Waals surface area contributed by atoms with Gasteiger partial charge in [-0.2, -0.15) is 0 Å². The van der Waals surface area contributed by atoms with E-state index in [1.807, 2.05) is 32.0 Å². The lowest BCUT2D eigenvalue weighted by atomic mass is 10.1. The molecule has 5 heteroatoms. The Morgan fingerprint density at radius 3 is 2.15 bits per heavy atom. The number of aryl methyl sites for hydroxylation is 2. The highest BCUT2D eigenvalue weighted by Crippen LogP contribution is 2.17. The molecule has 0 radical (unpaired) electrons. The van der Waals surface area contributed by atoms with Crippen LogP contribution in [-0.4, -0.2) is 26.2 Å². The third-order valence-corrected chi connectivity index (χ3v) is 5.13. The highest BCUT2D eigenvalue weighted by atomic mass is 32.2. The van der Waals surface area contributed by atoms with Crippen LogP contribution in [0.2, 0.25) is 0 Å². The molecule has 0 bridgehead atoms. The van der Waals surface area contributed by atoms with Crippen molar-refractivity contribution in [3.05, 3.63) is 34.9 Å². The molecule has 0 N–H and O–H groups in total. The van der Waals surface area contributed by atoms with Gasteiger partial charge >= 0.3 is 5.97 Å². The lowest BCUT2D eigenvalue weighted by Crippen LogP contribution is -2.32. The molecule has 0 fully saturated rings. The van der Waals surface area contributed by atoms with Crippen LogP contribution in [0.3, 0.4) is 0 Å². The van der Waals surface area contributed by atoms with Gasteiger partial charge in [-0.05, 0) is 32.8 Å². The van der Waals surface area contributed by atoms with Crippen molar-refractivity contribution >= 4 is 15.8 Å². The average molecular weight is 298 g/mol. The number of carbonyl (C=O) groups is 1. The minimum absolute atomic E-state index is 0.132. The first-order chi connectivity index (χ1) is 9.30. The van der Waals surface area contributed by atoms with Crippen molar-refractivity contribution in [1.82, 2.24) is 0 Å². The summed E-state index contributed by atoms with van der Waals surface area (Å²) in [5.74, 6) is -0.785. The van der Waals surface area contributed by atoms with Crippen molar-refractivity contribution in [3.63, 3.8) is 0 Å². The average Bonchev–Trinajstić information content (AvgIpc) is 2.27. The molecule has 0 aliphatic heterocycles. The molecule has 1 atom stereocenters. The van der Waals surface area contributed by atoms with Crippen molar-refractivity contribution in [1.29, 1.82) is 0 Å². The van der Waals surface area contributed by atoms with E-state index in [9.17, 15) is 13.2 Å². The van der Waals surface area contributed by atoms with E-state index in [1.165, 1.54) is 0 Å². The molecule has 4 nitrogen and oxygen atoms in total. The van der Waals surface area contributed by atoms with E-state index in [2.05, 4.69) is 0 Å². The van der Waals surface area contributed by atoms with Gasteiger partial charge < -0.3 is 4.74 Å². The van der Waals surface area contributed by atoms with Crippen LogP contribution in [0.5, 0.6) is 0 Å². The molecule has 20 heavy (non-hydrogen) atoms. The molecule has 0 aromatic heterocycles. The SMILES string of the molecule is CCOC(=O)C(CC)S(=O)(=O)Cc1cc(C)cc(C)c1. The number of ether oxygens (including phenoxy) is 1. The molecular formula is C15H22O4S. The molecular weight excluding hydrogens is 276 g/mol. The normalized spacial score (nSPS) is 13.0. The van der Waals surface area contributed by atoms with Gasteiger partial charge in [0.05, 0.1) is 12.4 Å². The van der Waals surface area contributed by atoms with Crippen LogP contribution >= 0.6 is 0 Å². The Hall–Kier alpha value is -1.36. The van der Waals surface area contributed by atoms with Crippen LogP contribution in [-0.2, 0) is 25.1 Å². The molecule has 0 aliphatic carbocycles. The van der Waals surface area contributed by atoms with E-state index in [1.54, 1.807) is 13.8 Å². The summed E-state index contributed by atoms with van der Waals surface area (Å²) in [5.41, 5.74) is 2.74. The number of hydrogen-bond donors (Lipinski definition) is 0. The summed E-state index contributed by atoms with van der Waals surface area (Å²) in [7, 11) is -3.55. The van der Waals surface area contributed by atoms with E-state index < -0.39 is 21.1 Å². The highest BCUT2D eigenvalue weighted by molar-refractivity contribution is 7.92. The molecule has 0 spiro atoms. The molecule has 0 saturated carbocycles. The molecule has 0 saturated heterocycles. The monoisotopic (exact) mass is 298 g/mol. The predicted octanol–water partition coefficient (Wildman–Crippen LogP) is 2.56. The first-order valence-corrected chi connectivity index (χ1v) is 8.47. The maximum absolute atomic E-state index is 12.4. The van der Waals surface area contributed by atoms with E-state index in [0.717, 1.165) is 11.1 Å². The molecule has 0 aliphatic rings. The fourth-order valence-electron chi connectivity index (χ4n) is 2.29. The van der Waals surface area contributed by atoms with Crippen molar-refractivity contribution in [2.75, 3.05) is 6.61 Å². The quantitative estimate of drug-likeness (QED) is 0.757. The lowest BCUT2D eigenvalue weighted by molar-refractivity contribution is -0.142. The van der Waals surface area contributed by atoms with Gasteiger partial charge in [-0.1, -0.05) is 36.2 Å². The Kier molecular flexibility index (Phi) is 5.74. The Balaban J connectivity index is 3.00. The smallest absolute Gasteiger partial charge is 0.324 e. The molecule has 1 unspecified atom stereocenters. The van der Waals surface area contributed by atoms with Gasteiger partial charge in [-0.15, -0.1) is 0 Å². The third-order valence-electron chi connectivity index (χ3n) is 3.00. The van der Waals surface area contributed by atoms with Gasteiger partial charge in [-0.3, -0.25) is 4.79 Å². The number of hydrogen-bond acceptors (Lipinski definition) is 4. The summed E-state index contributed by atoms with van der Waals surface area (Å²) in [4.78, 5) is 11.7. The summed E-state index contributed by atoms with van der Waals surface area (Å²) < 4.78 is 29.6. The van der Waals surface area contributed by atoms with E-state index in [4.69, 9.17) is 4.74 Å². The van der Waals surface area contributed by atoms with Crippen molar-refractivity contribution < 1.29 is 17.9 Å². The second-order valence-corrected chi connectivity index (χ2v) is 7.14. The summed E-state index contributed by atoms with van der Waals surface area (Å²) in [6, 6.07) is 5.66. The Labute approximate surface area is 121 Å². The molecule has 0 heterocycles. The van der Waals surface area contributed by atoms with Gasteiger partial charge in [0.25, 0.3) is 0 Å². The van der Waals surface area contributed by atoms with Crippen LogP contribution < -0.4 is 0 Å². The Bertz CT molecular complexity index is 555. The molecule has 1 rings (SSSR count). The van der Waals surface area contributed by atoms with Crippen LogP contribution in [0.25, 0.3) is 0 Å². The molecule has 1 aromatic rings. The van der Waals surface area contributed by atoms with E-state index in [0.29, 0.717) is 5.56 Å². The van der Waals surface area contributed by atoms with Gasteiger partial charge in [0.1, 0.15) is 0 Å². The van der Waals surface area contributed by atoms with Crippen molar-refractivity contribution in [2.45, 2.75) is 45.1 Å². The second-order valence-electron chi connectivity index (χ2n) is 4.95. The maximum atomic E-state index is 12.4. The zero-order valence-corrected chi connectivity index (χ0v) is 13.3. The van der Waals surface area contributed by atoms with Crippen LogP contribution in [0.15, 0.2) is 18.2 Å². The predicted molar refractivity (Wildman–Crippen MR) is 79.3 cm³/mol. The first kappa shape index (κ1) is 16.7. The minimum Gasteiger partial charge on any atom is -0.465 e. The number of carbonyl (C=O) groups excluding carboxylic acids is 1.